The number of halogens is 1. The number of ether oxygens (including phenoxy) is 1. The summed E-state index contributed by atoms with van der Waals surface area (Å²) in [5, 5.41) is 23.6. The smallest absolute Gasteiger partial charge is 0.230 e. The number of unbranched alkanes of at least 4 members (excludes halogenated alkanes) is 1. The molecule has 0 bridgehead atoms. The molecule has 0 aliphatic carbocycles. The van der Waals surface area contributed by atoms with E-state index in [4.69, 9.17) is 4.74 Å². The molecular formula is C28H32BFN6O3P2S. The lowest BCUT2D eigenvalue weighted by molar-refractivity contribution is -0.116. The number of hydrogen-bond acceptors (Lipinski definition) is 8. The van der Waals surface area contributed by atoms with E-state index in [1.54, 1.807) is 18.2 Å². The highest BCUT2D eigenvalue weighted by atomic mass is 32.1. The predicted molar refractivity (Wildman–Crippen MR) is 173 cm³/mol. The van der Waals surface area contributed by atoms with Crippen LogP contribution in [0.2, 0.25) is 0 Å². The lowest BCUT2D eigenvalue weighted by atomic mass is 10.0. The van der Waals surface area contributed by atoms with Crippen molar-refractivity contribution >= 4 is 65.7 Å². The van der Waals surface area contributed by atoms with Crippen molar-refractivity contribution in [3.63, 3.8) is 0 Å². The summed E-state index contributed by atoms with van der Waals surface area (Å²) in [4.78, 5) is 24.8. The maximum Gasteiger partial charge on any atom is 0.230 e. The monoisotopic (exact) mass is 624 g/mol. The third-order valence-corrected chi connectivity index (χ3v) is 7.21. The molecule has 2 amide bonds. The Morgan fingerprint density at radius 1 is 0.976 bits per heavy atom. The second-order valence-corrected chi connectivity index (χ2v) is 13.4. The van der Waals surface area contributed by atoms with Gasteiger partial charge in [-0.1, -0.05) is 29.5 Å². The summed E-state index contributed by atoms with van der Waals surface area (Å²) in [6.07, 6.45) is 3.26. The van der Waals surface area contributed by atoms with Crippen molar-refractivity contribution < 1.29 is 18.7 Å². The van der Waals surface area contributed by atoms with Crippen LogP contribution in [0.1, 0.15) is 41.6 Å². The van der Waals surface area contributed by atoms with Gasteiger partial charge in [-0.2, -0.15) is 5.10 Å². The Morgan fingerprint density at radius 3 is 2.52 bits per heavy atom. The van der Waals surface area contributed by atoms with E-state index in [0.29, 0.717) is 28.7 Å². The average Bonchev–Trinajstić information content (AvgIpc) is 3.35. The Balaban J connectivity index is 1.16. The van der Waals surface area contributed by atoms with Gasteiger partial charge >= 0.3 is 0 Å². The van der Waals surface area contributed by atoms with E-state index < -0.39 is 11.1 Å². The van der Waals surface area contributed by atoms with Crippen LogP contribution in [0.3, 0.4) is 0 Å². The van der Waals surface area contributed by atoms with Gasteiger partial charge in [-0.3, -0.25) is 9.59 Å². The highest BCUT2D eigenvalue weighted by molar-refractivity contribution is 7.27. The number of nitrogens with zero attached hydrogens (tertiary/aromatic N) is 4. The summed E-state index contributed by atoms with van der Waals surface area (Å²) in [5.74, 6) is 0.156. The number of rotatable bonds is 13. The topological polar surface area (TPSA) is 119 Å². The van der Waals surface area contributed by atoms with Crippen molar-refractivity contribution in [3.05, 3.63) is 82.2 Å². The Hall–Kier alpha value is -3.33. The van der Waals surface area contributed by atoms with Gasteiger partial charge in [0.2, 0.25) is 16.9 Å². The van der Waals surface area contributed by atoms with E-state index in [-0.39, 0.29) is 24.7 Å². The first-order valence-electron chi connectivity index (χ1n) is 13.4. The van der Waals surface area contributed by atoms with Crippen LogP contribution in [-0.2, 0) is 35.3 Å². The Labute approximate surface area is 253 Å². The number of amides is 2. The van der Waals surface area contributed by atoms with Crippen molar-refractivity contribution in [2.75, 3.05) is 10.6 Å². The summed E-state index contributed by atoms with van der Waals surface area (Å²) in [6.45, 7) is 1.94. The van der Waals surface area contributed by atoms with Crippen LogP contribution in [0.4, 0.5) is 15.3 Å². The number of anilines is 2. The number of carbonyl (C=O) groups is 2. The van der Waals surface area contributed by atoms with Gasteiger partial charge in [0.1, 0.15) is 16.6 Å². The summed E-state index contributed by atoms with van der Waals surface area (Å²) >= 11 is 1.31. The van der Waals surface area contributed by atoms with Crippen LogP contribution in [-0.4, -0.2) is 45.3 Å². The first-order valence-corrected chi connectivity index (χ1v) is 15.3. The molecule has 0 spiro atoms. The number of nitrogens with one attached hydrogen (secondary N) is 2. The minimum Gasteiger partial charge on any atom is -0.493 e. The van der Waals surface area contributed by atoms with Gasteiger partial charge in [-0.15, -0.1) is 33.8 Å². The molecule has 4 rings (SSSR count). The Kier molecular flexibility index (Phi) is 11.1. The van der Waals surface area contributed by atoms with Crippen LogP contribution in [0.25, 0.3) is 0 Å². The molecule has 0 fully saturated rings. The largest absolute Gasteiger partial charge is 0.493 e. The first-order chi connectivity index (χ1) is 20.0. The molecule has 14 heteroatoms. The normalized spacial score (nSPS) is 12.4. The maximum absolute atomic E-state index is 13.9. The van der Waals surface area contributed by atoms with Crippen LogP contribution in [0, 0.1) is 5.82 Å². The van der Waals surface area contributed by atoms with Gasteiger partial charge < -0.3 is 15.4 Å². The van der Waals surface area contributed by atoms with Crippen molar-refractivity contribution in [2.45, 2.75) is 50.7 Å². The third-order valence-electron chi connectivity index (χ3n) is 5.84. The highest BCUT2D eigenvalue weighted by Crippen LogP contribution is 2.22. The fraction of sp³-hybridized carbons (Fsp3) is 0.286. The zero-order chi connectivity index (χ0) is 30.1. The number of aromatic nitrogens is 4. The van der Waals surface area contributed by atoms with E-state index in [2.05, 4.69) is 49.5 Å². The predicted octanol–water partition coefficient (Wildman–Crippen LogP) is 3.46. The van der Waals surface area contributed by atoms with Gasteiger partial charge in [-0.05, 0) is 79.0 Å². The van der Waals surface area contributed by atoms with Crippen LogP contribution in [0.15, 0.2) is 54.6 Å². The van der Waals surface area contributed by atoms with E-state index in [0.717, 1.165) is 40.8 Å². The molecule has 9 nitrogen and oxygen atoms in total. The summed E-state index contributed by atoms with van der Waals surface area (Å²) < 4.78 is 19.8. The molecule has 3 unspecified atom stereocenters. The van der Waals surface area contributed by atoms with Gasteiger partial charge in [0, 0.05) is 6.42 Å². The summed E-state index contributed by atoms with van der Waals surface area (Å²) in [5.41, 5.74) is 1.99. The second-order valence-electron chi connectivity index (χ2n) is 10.3. The molecular weight excluding hydrogens is 592 g/mol. The van der Waals surface area contributed by atoms with Gasteiger partial charge in [0.25, 0.3) is 0 Å². The average molecular weight is 624 g/mol. The van der Waals surface area contributed by atoms with Crippen molar-refractivity contribution in [1.29, 1.82) is 0 Å². The molecule has 2 aromatic carbocycles. The number of hydrogen-bond donors (Lipinski definition) is 2. The molecule has 218 valence electrons. The molecule has 4 aromatic rings. The molecule has 0 saturated carbocycles. The molecule has 42 heavy (non-hydrogen) atoms. The van der Waals surface area contributed by atoms with Gasteiger partial charge in [0.05, 0.1) is 23.8 Å². The Bertz CT molecular complexity index is 1530. The lowest BCUT2D eigenvalue weighted by Gasteiger charge is -2.21. The number of carbonyl (C=O) groups excluding carboxylic acids is 2. The molecule has 2 heterocycles. The van der Waals surface area contributed by atoms with Crippen LogP contribution >= 0.6 is 29.8 Å². The zero-order valence-corrected chi connectivity index (χ0v) is 26.5. The molecule has 0 saturated heterocycles. The number of benzene rings is 2. The molecule has 0 aliphatic rings. The van der Waals surface area contributed by atoms with Gasteiger partial charge in [-0.25, -0.2) is 4.39 Å². The third kappa shape index (κ3) is 10.5. The van der Waals surface area contributed by atoms with Crippen molar-refractivity contribution in [1.82, 2.24) is 20.4 Å². The molecule has 2 N–H and O–H groups in total. The quantitative estimate of drug-likeness (QED) is 0.133. The fourth-order valence-corrected chi connectivity index (χ4v) is 5.24. The molecule has 3 atom stereocenters. The van der Waals surface area contributed by atoms with E-state index >= 15 is 0 Å². The minimum absolute atomic E-state index is 0.0766. The Morgan fingerprint density at radius 2 is 1.76 bits per heavy atom. The maximum atomic E-state index is 13.9. The lowest BCUT2D eigenvalue weighted by Crippen LogP contribution is -2.24. The van der Waals surface area contributed by atoms with E-state index in [9.17, 15) is 14.0 Å². The summed E-state index contributed by atoms with van der Waals surface area (Å²) in [7, 11) is 7.06. The van der Waals surface area contributed by atoms with Gasteiger partial charge in [0.15, 0.2) is 13.7 Å². The second kappa shape index (κ2) is 14.7. The molecule has 0 aliphatic heterocycles. The SMILES string of the molecule is BC(C)(P)Oc1cccc(CC(=O)Nc2ccc(CCCCc3nnc(NC(=O)Cc4cc(P)ccc4F)s3)nn2)c1. The standard InChI is InChI=1S/C28H32BFN6O3P2S/c1-28(29,41)39-20-7-4-5-17(13-20)14-24(37)31-23-12-9-19(33-34-23)6-2-3-8-26-35-36-27(42-26)32-25(38)16-18-15-21(40)10-11-22(18)30/h4-5,7,9-13,15H,2-3,6,8,14,16,29,40-41H2,1H3,(H,31,34,37)(H,32,36,38). The van der Waals surface area contributed by atoms with E-state index in [1.807, 2.05) is 45.1 Å². The molecule has 0 radical (unpaired) electrons. The highest BCUT2D eigenvalue weighted by Gasteiger charge is 2.14. The first kappa shape index (κ1) is 31.6. The minimum atomic E-state index is -0.415. The van der Waals surface area contributed by atoms with Crippen molar-refractivity contribution in [2.24, 2.45) is 0 Å². The zero-order valence-electron chi connectivity index (χ0n) is 23.4. The molecule has 2 aromatic heterocycles. The van der Waals surface area contributed by atoms with Crippen LogP contribution < -0.4 is 20.7 Å². The van der Waals surface area contributed by atoms with Crippen molar-refractivity contribution in [3.8, 4) is 5.75 Å². The fourth-order valence-electron chi connectivity index (χ4n) is 4.01. The number of aryl methyl sites for hydroxylation is 2. The summed E-state index contributed by atoms with van der Waals surface area (Å²) in [6, 6.07) is 15.7. The van der Waals surface area contributed by atoms with Crippen LogP contribution in [0.5, 0.6) is 5.75 Å². The van der Waals surface area contributed by atoms with E-state index in [1.165, 1.54) is 17.4 Å².